The number of phenolic OH excluding ortho intramolecular Hbond substituents is 1. The lowest BCUT2D eigenvalue weighted by Crippen LogP contribution is -2.50. The zero-order chi connectivity index (χ0) is 17.6. The van der Waals surface area contributed by atoms with Crippen LogP contribution in [-0.4, -0.2) is 42.1 Å². The first-order valence-corrected chi connectivity index (χ1v) is 9.06. The van der Waals surface area contributed by atoms with Crippen molar-refractivity contribution < 1.29 is 9.90 Å². The maximum absolute atomic E-state index is 13.1. The molecule has 132 valence electrons. The Morgan fingerprint density at radius 3 is 2.24 bits per heavy atom. The van der Waals surface area contributed by atoms with Crippen molar-refractivity contribution in [3.63, 3.8) is 0 Å². The molecule has 1 amide bonds. The van der Waals surface area contributed by atoms with Gasteiger partial charge in [-0.25, -0.2) is 0 Å². The summed E-state index contributed by atoms with van der Waals surface area (Å²) in [7, 11) is 0. The lowest BCUT2D eigenvalue weighted by molar-refractivity contribution is -0.133. The highest BCUT2D eigenvalue weighted by atomic mass is 16.3. The summed E-state index contributed by atoms with van der Waals surface area (Å²) in [4.78, 5) is 17.3. The molecule has 1 aliphatic heterocycles. The Morgan fingerprint density at radius 2 is 1.64 bits per heavy atom. The highest BCUT2D eigenvalue weighted by molar-refractivity contribution is 5.84. The number of benzene rings is 2. The third-order valence-electron chi connectivity index (χ3n) is 4.88. The molecule has 4 heteroatoms. The van der Waals surface area contributed by atoms with Gasteiger partial charge in [0.2, 0.25) is 5.91 Å². The Bertz CT molecular complexity index is 677. The van der Waals surface area contributed by atoms with Gasteiger partial charge in [0.25, 0.3) is 0 Å². The third-order valence-corrected chi connectivity index (χ3v) is 4.88. The molecule has 1 fully saturated rings. The predicted octanol–water partition coefficient (Wildman–Crippen LogP) is 3.62. The highest BCUT2D eigenvalue weighted by Crippen LogP contribution is 2.25. The molecule has 1 unspecified atom stereocenters. The normalized spacial score (nSPS) is 15.9. The molecule has 0 aliphatic carbocycles. The molecule has 25 heavy (non-hydrogen) atoms. The average Bonchev–Trinajstić information content (AvgIpc) is 2.67. The van der Waals surface area contributed by atoms with Crippen LogP contribution in [-0.2, 0) is 4.79 Å². The van der Waals surface area contributed by atoms with E-state index < -0.39 is 0 Å². The number of amides is 1. The Morgan fingerprint density at radius 1 is 1.00 bits per heavy atom. The average molecular weight is 338 g/mol. The summed E-state index contributed by atoms with van der Waals surface area (Å²) in [5.41, 5.74) is 2.22. The van der Waals surface area contributed by atoms with E-state index in [4.69, 9.17) is 0 Å². The lowest BCUT2D eigenvalue weighted by atomic mass is 9.93. The molecule has 0 radical (unpaired) electrons. The van der Waals surface area contributed by atoms with Crippen molar-refractivity contribution in [3.8, 4) is 5.75 Å². The number of hydrogen-bond donors (Lipinski definition) is 1. The van der Waals surface area contributed by atoms with Crippen LogP contribution >= 0.6 is 0 Å². The fourth-order valence-corrected chi connectivity index (χ4v) is 3.48. The number of piperazine rings is 1. The van der Waals surface area contributed by atoms with Gasteiger partial charge in [-0.2, -0.15) is 0 Å². The molecular weight excluding hydrogens is 312 g/mol. The van der Waals surface area contributed by atoms with Crippen molar-refractivity contribution in [1.29, 1.82) is 0 Å². The molecule has 0 aromatic heterocycles. The minimum atomic E-state index is -0.0357. The van der Waals surface area contributed by atoms with E-state index in [0.29, 0.717) is 0 Å². The SMILES string of the molecule is CCCC(C(=O)N1CCN(c2ccc(O)cc2)CC1)c1ccccc1. The minimum absolute atomic E-state index is 0.0357. The van der Waals surface area contributed by atoms with Crippen molar-refractivity contribution in [1.82, 2.24) is 4.90 Å². The maximum atomic E-state index is 13.1. The topological polar surface area (TPSA) is 43.8 Å². The van der Waals surface area contributed by atoms with Crippen molar-refractivity contribution in [2.75, 3.05) is 31.1 Å². The Hall–Kier alpha value is -2.49. The molecule has 0 saturated carbocycles. The summed E-state index contributed by atoms with van der Waals surface area (Å²) in [6.07, 6.45) is 1.89. The van der Waals surface area contributed by atoms with Gasteiger partial charge in [0.05, 0.1) is 5.92 Å². The standard InChI is InChI=1S/C21H26N2O2/c1-2-6-20(17-7-4-3-5-8-17)21(25)23-15-13-22(14-16-23)18-9-11-19(24)12-10-18/h3-5,7-12,20,24H,2,6,13-16H2,1H3. The summed E-state index contributed by atoms with van der Waals surface area (Å²) in [5, 5.41) is 9.42. The van der Waals surface area contributed by atoms with Crippen LogP contribution in [0.5, 0.6) is 5.75 Å². The van der Waals surface area contributed by atoms with Crippen molar-refractivity contribution >= 4 is 11.6 Å². The quantitative estimate of drug-likeness (QED) is 0.905. The van der Waals surface area contributed by atoms with E-state index >= 15 is 0 Å². The summed E-state index contributed by atoms with van der Waals surface area (Å²) < 4.78 is 0. The molecule has 1 heterocycles. The van der Waals surface area contributed by atoms with Crippen LogP contribution in [0.3, 0.4) is 0 Å². The number of anilines is 1. The number of hydrogen-bond acceptors (Lipinski definition) is 3. The predicted molar refractivity (Wildman–Crippen MR) is 101 cm³/mol. The van der Waals surface area contributed by atoms with E-state index in [1.165, 1.54) is 0 Å². The van der Waals surface area contributed by atoms with E-state index in [0.717, 1.165) is 50.3 Å². The van der Waals surface area contributed by atoms with E-state index in [2.05, 4.69) is 24.0 Å². The lowest BCUT2D eigenvalue weighted by Gasteiger charge is -2.37. The molecule has 3 rings (SSSR count). The molecule has 1 aliphatic rings. The second kappa shape index (κ2) is 8.06. The van der Waals surface area contributed by atoms with E-state index in [1.807, 2.05) is 35.2 Å². The molecule has 1 N–H and O–H groups in total. The van der Waals surface area contributed by atoms with Gasteiger partial charge >= 0.3 is 0 Å². The number of rotatable bonds is 5. The molecule has 2 aromatic carbocycles. The fraction of sp³-hybridized carbons (Fsp3) is 0.381. The zero-order valence-electron chi connectivity index (χ0n) is 14.8. The largest absolute Gasteiger partial charge is 0.508 e. The summed E-state index contributed by atoms with van der Waals surface area (Å²) in [6.45, 7) is 5.26. The number of nitrogens with zero attached hydrogens (tertiary/aromatic N) is 2. The number of carbonyl (C=O) groups excluding carboxylic acids is 1. The van der Waals surface area contributed by atoms with Gasteiger partial charge in [-0.3, -0.25) is 4.79 Å². The Kier molecular flexibility index (Phi) is 5.59. The van der Waals surface area contributed by atoms with Gasteiger partial charge in [-0.15, -0.1) is 0 Å². The second-order valence-electron chi connectivity index (χ2n) is 6.58. The Balaban J connectivity index is 1.64. The Labute approximate surface area is 149 Å². The molecule has 2 aromatic rings. The highest BCUT2D eigenvalue weighted by Gasteiger charge is 2.28. The fourth-order valence-electron chi connectivity index (χ4n) is 3.48. The minimum Gasteiger partial charge on any atom is -0.508 e. The van der Waals surface area contributed by atoms with Crippen LogP contribution in [0.25, 0.3) is 0 Å². The molecule has 0 spiro atoms. The van der Waals surface area contributed by atoms with E-state index in [-0.39, 0.29) is 17.6 Å². The summed E-state index contributed by atoms with van der Waals surface area (Å²) >= 11 is 0. The maximum Gasteiger partial charge on any atom is 0.230 e. The molecule has 4 nitrogen and oxygen atoms in total. The van der Waals surface area contributed by atoms with Crippen LogP contribution < -0.4 is 4.90 Å². The van der Waals surface area contributed by atoms with E-state index in [9.17, 15) is 9.90 Å². The zero-order valence-corrected chi connectivity index (χ0v) is 14.8. The van der Waals surface area contributed by atoms with Crippen LogP contribution in [0.1, 0.15) is 31.2 Å². The first-order valence-electron chi connectivity index (χ1n) is 9.06. The molecular formula is C21H26N2O2. The first kappa shape index (κ1) is 17.3. The van der Waals surface area contributed by atoms with Gasteiger partial charge in [0.1, 0.15) is 5.75 Å². The summed E-state index contributed by atoms with van der Waals surface area (Å²) in [5.74, 6) is 0.493. The molecule has 1 saturated heterocycles. The van der Waals surface area contributed by atoms with Crippen LogP contribution in [0.2, 0.25) is 0 Å². The smallest absolute Gasteiger partial charge is 0.230 e. The summed E-state index contributed by atoms with van der Waals surface area (Å²) in [6, 6.07) is 17.4. The second-order valence-corrected chi connectivity index (χ2v) is 6.58. The molecule has 1 atom stereocenters. The number of aromatic hydroxyl groups is 1. The van der Waals surface area contributed by atoms with Crippen LogP contribution in [0, 0.1) is 0 Å². The van der Waals surface area contributed by atoms with Crippen molar-refractivity contribution in [2.45, 2.75) is 25.7 Å². The van der Waals surface area contributed by atoms with Crippen molar-refractivity contribution in [3.05, 3.63) is 60.2 Å². The number of phenols is 1. The first-order chi connectivity index (χ1) is 12.2. The molecule has 0 bridgehead atoms. The van der Waals surface area contributed by atoms with Gasteiger partial charge in [-0.1, -0.05) is 43.7 Å². The third kappa shape index (κ3) is 4.13. The number of carbonyl (C=O) groups is 1. The monoisotopic (exact) mass is 338 g/mol. The van der Waals surface area contributed by atoms with E-state index in [1.54, 1.807) is 12.1 Å². The van der Waals surface area contributed by atoms with Gasteiger partial charge in [0.15, 0.2) is 0 Å². The van der Waals surface area contributed by atoms with Gasteiger partial charge in [0, 0.05) is 31.9 Å². The van der Waals surface area contributed by atoms with Gasteiger partial charge in [-0.05, 0) is 36.2 Å². The van der Waals surface area contributed by atoms with Crippen LogP contribution in [0.15, 0.2) is 54.6 Å². The van der Waals surface area contributed by atoms with Gasteiger partial charge < -0.3 is 14.9 Å². The van der Waals surface area contributed by atoms with Crippen LogP contribution in [0.4, 0.5) is 5.69 Å². The van der Waals surface area contributed by atoms with Crippen molar-refractivity contribution in [2.24, 2.45) is 0 Å².